The Kier molecular flexibility index (Phi) is 4.94. The summed E-state index contributed by atoms with van der Waals surface area (Å²) in [7, 11) is 2.89. The zero-order chi connectivity index (χ0) is 12.8. The second-order valence-corrected chi connectivity index (χ2v) is 3.93. The van der Waals surface area contributed by atoms with Crippen molar-refractivity contribution < 1.29 is 19.7 Å². The van der Waals surface area contributed by atoms with E-state index in [4.69, 9.17) is 9.47 Å². The Morgan fingerprint density at radius 2 is 1.71 bits per heavy atom. The molecule has 4 nitrogen and oxygen atoms in total. The normalized spacial score (nSPS) is 10.3. The lowest BCUT2D eigenvalue weighted by atomic mass is 10.0. The highest BCUT2D eigenvalue weighted by Gasteiger charge is 2.18. The van der Waals surface area contributed by atoms with Crippen molar-refractivity contribution in [3.63, 3.8) is 0 Å². The molecule has 0 unspecified atom stereocenters. The summed E-state index contributed by atoms with van der Waals surface area (Å²) in [5.41, 5.74) is 0.803. The van der Waals surface area contributed by atoms with Crippen LogP contribution in [-0.2, 0) is 6.42 Å². The largest absolute Gasteiger partial charge is 0.504 e. The molecule has 1 rings (SSSR count). The molecule has 17 heavy (non-hydrogen) atoms. The molecule has 0 spiro atoms. The maximum Gasteiger partial charge on any atom is 0.206 e. The number of rotatable bonds is 6. The smallest absolute Gasteiger partial charge is 0.206 e. The van der Waals surface area contributed by atoms with Crippen LogP contribution in [0.15, 0.2) is 6.07 Å². The summed E-state index contributed by atoms with van der Waals surface area (Å²) < 4.78 is 10.1. The SMILES string of the molecule is CCCCCc1cc(O)c(OC)c(O)c1OC. The Morgan fingerprint density at radius 3 is 2.24 bits per heavy atom. The molecule has 0 aromatic heterocycles. The standard InChI is InChI=1S/C13H20O4/c1-4-5-6-7-9-8-10(14)13(17-3)11(15)12(9)16-2/h8,14-15H,4-7H2,1-3H3. The molecule has 0 aliphatic rings. The Hall–Kier alpha value is -1.58. The Balaban J connectivity index is 3.04. The number of hydrogen-bond donors (Lipinski definition) is 2. The molecule has 0 saturated carbocycles. The number of hydrogen-bond acceptors (Lipinski definition) is 4. The van der Waals surface area contributed by atoms with Crippen molar-refractivity contribution >= 4 is 0 Å². The second-order valence-electron chi connectivity index (χ2n) is 3.93. The molecular weight excluding hydrogens is 220 g/mol. The van der Waals surface area contributed by atoms with E-state index >= 15 is 0 Å². The van der Waals surface area contributed by atoms with Gasteiger partial charge in [-0.05, 0) is 18.9 Å². The molecular formula is C13H20O4. The summed E-state index contributed by atoms with van der Waals surface area (Å²) in [6.07, 6.45) is 3.99. The Bertz CT molecular complexity index is 374. The number of phenols is 2. The number of methoxy groups -OCH3 is 2. The maximum atomic E-state index is 9.90. The van der Waals surface area contributed by atoms with Gasteiger partial charge in [0.25, 0.3) is 0 Å². The molecule has 0 aliphatic carbocycles. The molecule has 0 bridgehead atoms. The van der Waals surface area contributed by atoms with Gasteiger partial charge in [-0.2, -0.15) is 0 Å². The van der Waals surface area contributed by atoms with Crippen molar-refractivity contribution in [1.29, 1.82) is 0 Å². The number of phenolic OH excluding ortho intramolecular Hbond substituents is 2. The van der Waals surface area contributed by atoms with Crippen LogP contribution in [0, 0.1) is 0 Å². The molecule has 0 saturated heterocycles. The predicted octanol–water partition coefficient (Wildman–Crippen LogP) is 2.85. The highest BCUT2D eigenvalue weighted by atomic mass is 16.5. The van der Waals surface area contributed by atoms with Crippen molar-refractivity contribution in [3.05, 3.63) is 11.6 Å². The summed E-state index contributed by atoms with van der Waals surface area (Å²) in [6, 6.07) is 1.59. The van der Waals surface area contributed by atoms with Crippen molar-refractivity contribution in [3.8, 4) is 23.0 Å². The van der Waals surface area contributed by atoms with Gasteiger partial charge in [0.2, 0.25) is 11.5 Å². The molecule has 1 aromatic carbocycles. The van der Waals surface area contributed by atoms with Crippen LogP contribution < -0.4 is 9.47 Å². The van der Waals surface area contributed by atoms with Crippen LogP contribution in [0.4, 0.5) is 0 Å². The third-order valence-corrected chi connectivity index (χ3v) is 2.72. The number of ether oxygens (including phenoxy) is 2. The van der Waals surface area contributed by atoms with E-state index in [-0.39, 0.29) is 17.2 Å². The van der Waals surface area contributed by atoms with Crippen molar-refractivity contribution in [2.24, 2.45) is 0 Å². The first-order chi connectivity index (χ1) is 8.15. The van der Waals surface area contributed by atoms with E-state index in [1.165, 1.54) is 14.2 Å². The van der Waals surface area contributed by atoms with Gasteiger partial charge in [-0.3, -0.25) is 0 Å². The van der Waals surface area contributed by atoms with E-state index in [2.05, 4.69) is 6.92 Å². The van der Waals surface area contributed by atoms with E-state index in [0.29, 0.717) is 5.75 Å². The van der Waals surface area contributed by atoms with Crippen LogP contribution in [0.2, 0.25) is 0 Å². The maximum absolute atomic E-state index is 9.90. The third kappa shape index (κ3) is 2.96. The molecule has 0 atom stereocenters. The van der Waals surface area contributed by atoms with Gasteiger partial charge in [-0.25, -0.2) is 0 Å². The average Bonchev–Trinajstić information content (AvgIpc) is 2.30. The fraction of sp³-hybridized carbons (Fsp3) is 0.538. The quantitative estimate of drug-likeness (QED) is 0.751. The van der Waals surface area contributed by atoms with Gasteiger partial charge in [-0.15, -0.1) is 0 Å². The summed E-state index contributed by atoms with van der Waals surface area (Å²) in [5.74, 6) is 0.246. The average molecular weight is 240 g/mol. The van der Waals surface area contributed by atoms with Gasteiger partial charge in [0.1, 0.15) is 0 Å². The summed E-state index contributed by atoms with van der Waals surface area (Å²) >= 11 is 0. The zero-order valence-electron chi connectivity index (χ0n) is 10.6. The van der Waals surface area contributed by atoms with Crippen LogP contribution in [0.1, 0.15) is 31.7 Å². The number of aromatic hydroxyl groups is 2. The molecule has 4 heteroatoms. The predicted molar refractivity (Wildman–Crippen MR) is 66.1 cm³/mol. The monoisotopic (exact) mass is 240 g/mol. The number of aryl methyl sites for hydroxylation is 1. The van der Waals surface area contributed by atoms with Gasteiger partial charge < -0.3 is 19.7 Å². The van der Waals surface area contributed by atoms with E-state index in [1.807, 2.05) is 0 Å². The Labute approximate surface area is 102 Å². The lowest BCUT2D eigenvalue weighted by Crippen LogP contribution is -1.96. The molecule has 0 aliphatic heterocycles. The first-order valence-corrected chi connectivity index (χ1v) is 5.81. The van der Waals surface area contributed by atoms with E-state index in [9.17, 15) is 10.2 Å². The minimum absolute atomic E-state index is 0.0566. The van der Waals surface area contributed by atoms with Gasteiger partial charge in [0, 0.05) is 5.56 Å². The van der Waals surface area contributed by atoms with Crippen LogP contribution >= 0.6 is 0 Å². The molecule has 0 fully saturated rings. The molecule has 0 amide bonds. The minimum atomic E-state index is -0.138. The highest BCUT2D eigenvalue weighted by Crippen LogP contribution is 2.45. The fourth-order valence-electron chi connectivity index (χ4n) is 1.85. The van der Waals surface area contributed by atoms with E-state index in [1.54, 1.807) is 6.07 Å². The van der Waals surface area contributed by atoms with Crippen LogP contribution in [0.3, 0.4) is 0 Å². The Morgan fingerprint density at radius 1 is 1.06 bits per heavy atom. The lowest BCUT2D eigenvalue weighted by Gasteiger charge is -2.14. The van der Waals surface area contributed by atoms with E-state index in [0.717, 1.165) is 31.2 Å². The van der Waals surface area contributed by atoms with Crippen molar-refractivity contribution in [1.82, 2.24) is 0 Å². The van der Waals surface area contributed by atoms with Gasteiger partial charge in [0.15, 0.2) is 11.5 Å². The van der Waals surface area contributed by atoms with Crippen molar-refractivity contribution in [2.75, 3.05) is 14.2 Å². The summed E-state index contributed by atoms with van der Waals surface area (Å²) in [5, 5.41) is 19.6. The van der Waals surface area contributed by atoms with Gasteiger partial charge >= 0.3 is 0 Å². The first-order valence-electron chi connectivity index (χ1n) is 5.81. The molecule has 1 aromatic rings. The van der Waals surface area contributed by atoms with Crippen LogP contribution in [-0.4, -0.2) is 24.4 Å². The molecule has 0 heterocycles. The summed E-state index contributed by atoms with van der Waals surface area (Å²) in [6.45, 7) is 2.13. The second kappa shape index (κ2) is 6.23. The zero-order valence-corrected chi connectivity index (χ0v) is 10.6. The highest BCUT2D eigenvalue weighted by molar-refractivity contribution is 5.61. The topological polar surface area (TPSA) is 58.9 Å². The van der Waals surface area contributed by atoms with Crippen LogP contribution in [0.25, 0.3) is 0 Å². The first kappa shape index (κ1) is 13.5. The minimum Gasteiger partial charge on any atom is -0.504 e. The molecule has 96 valence electrons. The summed E-state index contributed by atoms with van der Waals surface area (Å²) in [4.78, 5) is 0. The lowest BCUT2D eigenvalue weighted by molar-refractivity contribution is 0.320. The van der Waals surface area contributed by atoms with E-state index < -0.39 is 0 Å². The number of benzene rings is 1. The van der Waals surface area contributed by atoms with Gasteiger partial charge in [0.05, 0.1) is 14.2 Å². The van der Waals surface area contributed by atoms with Crippen molar-refractivity contribution in [2.45, 2.75) is 32.6 Å². The third-order valence-electron chi connectivity index (χ3n) is 2.72. The number of unbranched alkanes of at least 4 members (excludes halogenated alkanes) is 2. The fourth-order valence-corrected chi connectivity index (χ4v) is 1.85. The van der Waals surface area contributed by atoms with Gasteiger partial charge in [-0.1, -0.05) is 19.8 Å². The molecule has 2 N–H and O–H groups in total. The van der Waals surface area contributed by atoms with Crippen LogP contribution in [0.5, 0.6) is 23.0 Å². The molecule has 0 radical (unpaired) electrons.